The third-order valence-corrected chi connectivity index (χ3v) is 3.99. The van der Waals surface area contributed by atoms with Crippen molar-refractivity contribution in [1.29, 1.82) is 0 Å². The predicted molar refractivity (Wildman–Crippen MR) is 74.9 cm³/mol. The maximum absolute atomic E-state index is 12.1. The number of carbonyl (C=O) groups is 2. The fourth-order valence-corrected chi connectivity index (χ4v) is 2.94. The molecule has 6 heteroatoms. The first-order valence-corrected chi connectivity index (χ1v) is 7.00. The van der Waals surface area contributed by atoms with Crippen molar-refractivity contribution in [1.82, 2.24) is 4.90 Å². The Morgan fingerprint density at radius 2 is 2.15 bits per heavy atom. The molecule has 1 aromatic carbocycles. The number of carbonyl (C=O) groups excluding carboxylic acids is 2. The Morgan fingerprint density at radius 1 is 1.35 bits per heavy atom. The quantitative estimate of drug-likeness (QED) is 0.835. The van der Waals surface area contributed by atoms with E-state index in [4.69, 9.17) is 11.6 Å². The number of hydrogen-bond donors (Lipinski definition) is 1. The lowest BCUT2D eigenvalue weighted by Gasteiger charge is -2.33. The number of likely N-dealkylation sites (tertiary alicyclic amines) is 1. The molecule has 0 radical (unpaired) electrons. The Hall–Kier alpha value is -1.43. The van der Waals surface area contributed by atoms with Crippen molar-refractivity contribution in [3.05, 3.63) is 28.8 Å². The number of hydrogen-bond acceptors (Lipinski definition) is 4. The number of fused-ring (bicyclic) bond motifs is 1. The summed E-state index contributed by atoms with van der Waals surface area (Å²) in [5, 5.41) is 10.1. The number of anilines is 1. The van der Waals surface area contributed by atoms with E-state index in [1.165, 1.54) is 11.0 Å². The fraction of sp³-hybridized carbons (Fsp3) is 0.429. The Labute approximate surface area is 121 Å². The highest BCUT2D eigenvalue weighted by Crippen LogP contribution is 2.31. The van der Waals surface area contributed by atoms with E-state index in [1.807, 2.05) is 4.90 Å². The average molecular weight is 295 g/mol. The molecule has 1 aromatic rings. The van der Waals surface area contributed by atoms with Crippen molar-refractivity contribution in [2.24, 2.45) is 0 Å². The molecule has 0 spiro atoms. The Bertz CT molecular complexity index is 576. The first-order chi connectivity index (χ1) is 9.56. The number of benzene rings is 1. The Balaban J connectivity index is 1.84. The second-order valence-corrected chi connectivity index (χ2v) is 5.67. The molecule has 2 aliphatic heterocycles. The first kappa shape index (κ1) is 13.5. The van der Waals surface area contributed by atoms with Crippen molar-refractivity contribution < 1.29 is 14.7 Å². The van der Waals surface area contributed by atoms with Gasteiger partial charge >= 0.3 is 5.91 Å². The van der Waals surface area contributed by atoms with Gasteiger partial charge in [0.05, 0.1) is 24.0 Å². The summed E-state index contributed by atoms with van der Waals surface area (Å²) in [5.41, 5.74) is 0.963. The van der Waals surface area contributed by atoms with Crippen LogP contribution in [0.1, 0.15) is 23.2 Å². The molecule has 1 fully saturated rings. The molecule has 20 heavy (non-hydrogen) atoms. The van der Waals surface area contributed by atoms with Crippen LogP contribution in [0.15, 0.2) is 18.2 Å². The zero-order chi connectivity index (χ0) is 14.3. The topological polar surface area (TPSA) is 60.9 Å². The van der Waals surface area contributed by atoms with Crippen LogP contribution in [-0.4, -0.2) is 47.6 Å². The van der Waals surface area contributed by atoms with Gasteiger partial charge in [0.25, 0.3) is 5.78 Å². The highest BCUT2D eigenvalue weighted by atomic mass is 35.5. The van der Waals surface area contributed by atoms with Gasteiger partial charge in [0.1, 0.15) is 0 Å². The van der Waals surface area contributed by atoms with E-state index < -0.39 is 11.7 Å². The van der Waals surface area contributed by atoms with Gasteiger partial charge < -0.3 is 5.11 Å². The number of rotatable bonds is 2. The monoisotopic (exact) mass is 294 g/mol. The molecule has 1 amide bonds. The van der Waals surface area contributed by atoms with Gasteiger partial charge in [-0.2, -0.15) is 0 Å². The number of ketones is 1. The molecule has 2 heterocycles. The standard InChI is InChI=1S/C14H15ClN2O3/c15-9-3-4-12-11(6-9)13(19)14(20)17(12)8-16-5-1-2-10(18)7-16/h3-4,6,10,18H,1-2,5,7-8H2/t10-/m0/s1. The summed E-state index contributed by atoms with van der Waals surface area (Å²) in [7, 11) is 0. The predicted octanol–water partition coefficient (Wildman–Crippen LogP) is 1.28. The summed E-state index contributed by atoms with van der Waals surface area (Å²) in [6.07, 6.45) is 1.32. The van der Waals surface area contributed by atoms with Crippen LogP contribution in [-0.2, 0) is 4.79 Å². The minimum atomic E-state index is -0.526. The minimum Gasteiger partial charge on any atom is -0.392 e. The van der Waals surface area contributed by atoms with Crippen LogP contribution in [0, 0.1) is 0 Å². The van der Waals surface area contributed by atoms with Crippen molar-refractivity contribution in [2.75, 3.05) is 24.7 Å². The normalized spacial score (nSPS) is 23.3. The number of β-amino-alcohol motifs (C(OH)–C–C–N with tert-alkyl or cyclic N) is 1. The van der Waals surface area contributed by atoms with E-state index in [2.05, 4.69) is 0 Å². The third kappa shape index (κ3) is 2.32. The van der Waals surface area contributed by atoms with Crippen LogP contribution in [0.25, 0.3) is 0 Å². The van der Waals surface area contributed by atoms with Crippen LogP contribution in [0.2, 0.25) is 5.02 Å². The minimum absolute atomic E-state index is 0.330. The molecule has 0 aliphatic carbocycles. The fourth-order valence-electron chi connectivity index (χ4n) is 2.77. The molecule has 1 N–H and O–H groups in total. The Morgan fingerprint density at radius 3 is 2.90 bits per heavy atom. The van der Waals surface area contributed by atoms with Crippen LogP contribution in [0.4, 0.5) is 5.69 Å². The molecule has 0 saturated carbocycles. The van der Waals surface area contributed by atoms with Crippen molar-refractivity contribution >= 4 is 29.0 Å². The molecule has 106 valence electrons. The molecular formula is C14H15ClN2O3. The largest absolute Gasteiger partial charge is 0.392 e. The zero-order valence-corrected chi connectivity index (χ0v) is 11.6. The molecule has 5 nitrogen and oxygen atoms in total. The number of aliphatic hydroxyl groups is 1. The smallest absolute Gasteiger partial charge is 0.300 e. The Kier molecular flexibility index (Phi) is 3.50. The number of halogens is 1. The summed E-state index contributed by atoms with van der Waals surface area (Å²) in [5.74, 6) is -1.04. The molecular weight excluding hydrogens is 280 g/mol. The van der Waals surface area contributed by atoms with Crippen LogP contribution in [0.5, 0.6) is 0 Å². The first-order valence-electron chi connectivity index (χ1n) is 6.62. The summed E-state index contributed by atoms with van der Waals surface area (Å²) >= 11 is 5.87. The SMILES string of the molecule is O=C1C(=O)N(CN2CCC[C@H](O)C2)c2ccc(Cl)cc21. The average Bonchev–Trinajstić information content (AvgIpc) is 2.64. The van der Waals surface area contributed by atoms with Gasteiger partial charge in [-0.25, -0.2) is 0 Å². The highest BCUT2D eigenvalue weighted by Gasteiger charge is 2.37. The summed E-state index contributed by atoms with van der Waals surface area (Å²) in [6.45, 7) is 1.68. The molecule has 0 aromatic heterocycles. The lowest BCUT2D eigenvalue weighted by Crippen LogP contribution is -2.46. The van der Waals surface area contributed by atoms with E-state index in [0.717, 1.165) is 19.4 Å². The van der Waals surface area contributed by atoms with Gasteiger partial charge in [-0.05, 0) is 31.0 Å². The summed E-state index contributed by atoms with van der Waals surface area (Å²) in [4.78, 5) is 27.5. The number of aliphatic hydroxyl groups excluding tert-OH is 1. The summed E-state index contributed by atoms with van der Waals surface area (Å²) in [6, 6.07) is 4.90. The van der Waals surface area contributed by atoms with Gasteiger partial charge in [-0.15, -0.1) is 0 Å². The zero-order valence-electron chi connectivity index (χ0n) is 10.9. The van der Waals surface area contributed by atoms with Gasteiger partial charge in [0, 0.05) is 18.1 Å². The second-order valence-electron chi connectivity index (χ2n) is 5.24. The molecule has 0 bridgehead atoms. The van der Waals surface area contributed by atoms with Crippen molar-refractivity contribution in [3.8, 4) is 0 Å². The van der Waals surface area contributed by atoms with Crippen molar-refractivity contribution in [3.63, 3.8) is 0 Å². The van der Waals surface area contributed by atoms with E-state index in [-0.39, 0.29) is 6.10 Å². The molecule has 2 aliphatic rings. The van der Waals surface area contributed by atoms with Crippen LogP contribution >= 0.6 is 11.6 Å². The third-order valence-electron chi connectivity index (χ3n) is 3.76. The maximum Gasteiger partial charge on any atom is 0.300 e. The van der Waals surface area contributed by atoms with Crippen LogP contribution in [0.3, 0.4) is 0 Å². The highest BCUT2D eigenvalue weighted by molar-refractivity contribution is 6.52. The van der Waals surface area contributed by atoms with E-state index in [1.54, 1.807) is 12.1 Å². The van der Waals surface area contributed by atoms with Gasteiger partial charge in [0.15, 0.2) is 0 Å². The van der Waals surface area contributed by atoms with E-state index in [0.29, 0.717) is 29.5 Å². The van der Waals surface area contributed by atoms with Gasteiger partial charge in [-0.3, -0.25) is 19.4 Å². The number of nitrogens with zero attached hydrogens (tertiary/aromatic N) is 2. The van der Waals surface area contributed by atoms with Crippen molar-refractivity contribution in [2.45, 2.75) is 18.9 Å². The van der Waals surface area contributed by atoms with Gasteiger partial charge in [0.2, 0.25) is 0 Å². The molecule has 1 saturated heterocycles. The lowest BCUT2D eigenvalue weighted by molar-refractivity contribution is -0.114. The number of piperidine rings is 1. The lowest BCUT2D eigenvalue weighted by atomic mass is 10.1. The maximum atomic E-state index is 12.1. The van der Waals surface area contributed by atoms with Gasteiger partial charge in [-0.1, -0.05) is 11.6 Å². The molecule has 3 rings (SSSR count). The van der Waals surface area contributed by atoms with E-state index in [9.17, 15) is 14.7 Å². The number of amides is 1. The molecule has 1 atom stereocenters. The molecule has 0 unspecified atom stereocenters. The second kappa shape index (κ2) is 5.16. The number of Topliss-reactive ketones (excluding diaryl/α,β-unsaturated/α-hetero) is 1. The summed E-state index contributed by atoms with van der Waals surface area (Å²) < 4.78 is 0. The van der Waals surface area contributed by atoms with E-state index >= 15 is 0 Å². The van der Waals surface area contributed by atoms with Crippen LogP contribution < -0.4 is 4.90 Å².